The maximum atomic E-state index is 12.2. The summed E-state index contributed by atoms with van der Waals surface area (Å²) in [5.41, 5.74) is 2.24. The third-order valence-corrected chi connectivity index (χ3v) is 5.77. The van der Waals surface area contributed by atoms with Gasteiger partial charge >= 0.3 is 0 Å². The van der Waals surface area contributed by atoms with Crippen LogP contribution in [0.4, 0.5) is 5.69 Å². The Bertz CT molecular complexity index is 687. The second-order valence-corrected chi connectivity index (χ2v) is 7.66. The fourth-order valence-electron chi connectivity index (χ4n) is 3.44. The fraction of sp³-hybridized carbons (Fsp3) is 0.474. The lowest BCUT2D eigenvalue weighted by Crippen LogP contribution is -2.36. The highest BCUT2D eigenvalue weighted by Crippen LogP contribution is 2.29. The van der Waals surface area contributed by atoms with Crippen LogP contribution in [-0.2, 0) is 9.53 Å². The number of benzene rings is 1. The molecule has 1 aromatic rings. The van der Waals surface area contributed by atoms with E-state index in [1.807, 2.05) is 6.08 Å². The zero-order valence-corrected chi connectivity index (χ0v) is 15.1. The maximum absolute atomic E-state index is 12.2. The molecule has 0 bridgehead atoms. The van der Waals surface area contributed by atoms with Crippen LogP contribution >= 0.6 is 11.8 Å². The predicted molar refractivity (Wildman–Crippen MR) is 103 cm³/mol. The van der Waals surface area contributed by atoms with Gasteiger partial charge in [-0.2, -0.15) is 0 Å². The van der Waals surface area contributed by atoms with Crippen molar-refractivity contribution in [2.24, 2.45) is 4.99 Å². The van der Waals surface area contributed by atoms with Gasteiger partial charge in [-0.15, -0.1) is 0 Å². The zero-order chi connectivity index (χ0) is 17.1. The summed E-state index contributed by atoms with van der Waals surface area (Å²) < 4.78 is 5.39. The van der Waals surface area contributed by atoms with Crippen molar-refractivity contribution in [3.05, 3.63) is 34.7 Å². The number of rotatable bonds is 3. The fourth-order valence-corrected chi connectivity index (χ4v) is 4.33. The van der Waals surface area contributed by atoms with Gasteiger partial charge in [0.2, 0.25) is 0 Å². The number of ether oxygens (including phenoxy) is 1. The zero-order valence-electron chi connectivity index (χ0n) is 14.2. The van der Waals surface area contributed by atoms with Gasteiger partial charge in [0.05, 0.1) is 24.2 Å². The van der Waals surface area contributed by atoms with Gasteiger partial charge in [-0.1, -0.05) is 25.0 Å². The first-order valence-electron chi connectivity index (χ1n) is 8.99. The lowest BCUT2D eigenvalue weighted by Gasteiger charge is -2.28. The van der Waals surface area contributed by atoms with Crippen LogP contribution in [0, 0.1) is 0 Å². The lowest BCUT2D eigenvalue weighted by atomic mass is 10.1. The molecule has 0 radical (unpaired) electrons. The van der Waals surface area contributed by atoms with Gasteiger partial charge in [0.25, 0.3) is 5.91 Å². The number of aliphatic imine (C=N–C) groups is 1. The van der Waals surface area contributed by atoms with E-state index < -0.39 is 0 Å². The molecule has 0 spiro atoms. The van der Waals surface area contributed by atoms with Crippen LogP contribution < -0.4 is 10.2 Å². The van der Waals surface area contributed by atoms with Gasteiger partial charge in [-0.3, -0.25) is 9.79 Å². The minimum Gasteiger partial charge on any atom is -0.378 e. The van der Waals surface area contributed by atoms with E-state index in [-0.39, 0.29) is 5.91 Å². The molecule has 1 N–H and O–H groups in total. The lowest BCUT2D eigenvalue weighted by molar-refractivity contribution is -0.115. The molecule has 3 aliphatic rings. The molecule has 0 aromatic heterocycles. The Labute approximate surface area is 152 Å². The number of nitrogens with zero attached hydrogens (tertiary/aromatic N) is 2. The van der Waals surface area contributed by atoms with E-state index in [0.717, 1.165) is 54.8 Å². The predicted octanol–water partition coefficient (Wildman–Crippen LogP) is 3.03. The quantitative estimate of drug-likeness (QED) is 0.845. The molecule has 2 heterocycles. The van der Waals surface area contributed by atoms with E-state index in [9.17, 15) is 4.79 Å². The van der Waals surface area contributed by atoms with Crippen molar-refractivity contribution in [2.45, 2.75) is 31.7 Å². The molecular formula is C19H23N3O2S. The molecule has 5 nitrogen and oxygen atoms in total. The Morgan fingerprint density at radius 2 is 1.88 bits per heavy atom. The summed E-state index contributed by atoms with van der Waals surface area (Å²) in [5.74, 6) is -0.0426. The summed E-state index contributed by atoms with van der Waals surface area (Å²) in [4.78, 5) is 19.9. The standard InChI is InChI=1S/C19H23N3O2S/c23-18-17(25-19(21-18)20-15-3-1-2-4-15)13-14-5-7-16(8-6-14)22-9-11-24-12-10-22/h5-8,13,15H,1-4,9-12H2,(H,20,21,23). The van der Waals surface area contributed by atoms with E-state index in [1.54, 1.807) is 0 Å². The van der Waals surface area contributed by atoms with Crippen molar-refractivity contribution in [2.75, 3.05) is 31.2 Å². The summed E-state index contributed by atoms with van der Waals surface area (Å²) in [6.07, 6.45) is 6.72. The van der Waals surface area contributed by atoms with Crippen molar-refractivity contribution in [1.29, 1.82) is 0 Å². The van der Waals surface area contributed by atoms with Gasteiger partial charge in [0, 0.05) is 18.8 Å². The van der Waals surface area contributed by atoms with Crippen molar-refractivity contribution >= 4 is 34.6 Å². The summed E-state index contributed by atoms with van der Waals surface area (Å²) in [6, 6.07) is 8.75. The molecule has 132 valence electrons. The minimum absolute atomic E-state index is 0.0426. The molecule has 6 heteroatoms. The van der Waals surface area contributed by atoms with Crippen molar-refractivity contribution in [3.8, 4) is 0 Å². The third kappa shape index (κ3) is 4.07. The molecule has 1 aromatic carbocycles. The number of anilines is 1. The Hall–Kier alpha value is -1.79. The van der Waals surface area contributed by atoms with E-state index in [4.69, 9.17) is 4.74 Å². The first-order chi connectivity index (χ1) is 12.3. The molecule has 1 saturated carbocycles. The molecule has 1 amide bonds. The van der Waals surface area contributed by atoms with Gasteiger partial charge in [-0.25, -0.2) is 0 Å². The SMILES string of the molecule is O=C1NC(=NC2CCCC2)SC1=Cc1ccc(N2CCOCC2)cc1. The largest absolute Gasteiger partial charge is 0.378 e. The smallest absolute Gasteiger partial charge is 0.264 e. The molecular weight excluding hydrogens is 334 g/mol. The van der Waals surface area contributed by atoms with Gasteiger partial charge in [0.1, 0.15) is 0 Å². The molecule has 4 rings (SSSR count). The third-order valence-electron chi connectivity index (χ3n) is 4.84. The number of hydrogen-bond acceptors (Lipinski definition) is 5. The second-order valence-electron chi connectivity index (χ2n) is 6.63. The number of amides is 1. The van der Waals surface area contributed by atoms with Crippen LogP contribution in [0.3, 0.4) is 0 Å². The Morgan fingerprint density at radius 3 is 2.60 bits per heavy atom. The van der Waals surface area contributed by atoms with Crippen molar-refractivity contribution < 1.29 is 9.53 Å². The highest BCUT2D eigenvalue weighted by Gasteiger charge is 2.25. The average Bonchev–Trinajstić information content (AvgIpc) is 3.27. The Balaban J connectivity index is 1.44. The topological polar surface area (TPSA) is 53.9 Å². The van der Waals surface area contributed by atoms with Gasteiger partial charge in [-0.05, 0) is 48.4 Å². The van der Waals surface area contributed by atoms with E-state index in [1.165, 1.54) is 30.3 Å². The molecule has 1 aliphatic carbocycles. The van der Waals surface area contributed by atoms with Gasteiger partial charge in [0.15, 0.2) is 5.17 Å². The Kier molecular flexibility index (Phi) is 5.08. The second kappa shape index (κ2) is 7.62. The highest BCUT2D eigenvalue weighted by molar-refractivity contribution is 8.18. The van der Waals surface area contributed by atoms with Crippen LogP contribution in [0.5, 0.6) is 0 Å². The average molecular weight is 357 g/mol. The number of thioether (sulfide) groups is 1. The Morgan fingerprint density at radius 1 is 1.16 bits per heavy atom. The number of carbonyl (C=O) groups excluding carboxylic acids is 1. The number of carbonyl (C=O) groups is 1. The van der Waals surface area contributed by atoms with E-state index >= 15 is 0 Å². The number of amidine groups is 1. The number of morpholine rings is 1. The summed E-state index contributed by atoms with van der Waals surface area (Å²) in [7, 11) is 0. The van der Waals surface area contributed by atoms with Crippen molar-refractivity contribution in [1.82, 2.24) is 5.32 Å². The van der Waals surface area contributed by atoms with E-state index in [2.05, 4.69) is 39.5 Å². The maximum Gasteiger partial charge on any atom is 0.264 e. The van der Waals surface area contributed by atoms with Gasteiger partial charge < -0.3 is 15.0 Å². The molecule has 3 fully saturated rings. The highest BCUT2D eigenvalue weighted by atomic mass is 32.2. The molecule has 2 aliphatic heterocycles. The number of nitrogens with one attached hydrogen (secondary N) is 1. The van der Waals surface area contributed by atoms with Crippen LogP contribution in [0.1, 0.15) is 31.2 Å². The van der Waals surface area contributed by atoms with Crippen LogP contribution in [0.2, 0.25) is 0 Å². The summed E-state index contributed by atoms with van der Waals surface area (Å²) in [6.45, 7) is 3.43. The first-order valence-corrected chi connectivity index (χ1v) is 9.81. The molecule has 0 unspecified atom stereocenters. The number of hydrogen-bond donors (Lipinski definition) is 1. The first kappa shape index (κ1) is 16.7. The van der Waals surface area contributed by atoms with E-state index in [0.29, 0.717) is 6.04 Å². The summed E-state index contributed by atoms with van der Waals surface area (Å²) in [5, 5.41) is 3.66. The molecule has 2 saturated heterocycles. The minimum atomic E-state index is -0.0426. The van der Waals surface area contributed by atoms with Crippen LogP contribution in [0.25, 0.3) is 6.08 Å². The monoisotopic (exact) mass is 357 g/mol. The van der Waals surface area contributed by atoms with Crippen LogP contribution in [0.15, 0.2) is 34.2 Å². The molecule has 0 atom stereocenters. The van der Waals surface area contributed by atoms with Crippen LogP contribution in [-0.4, -0.2) is 43.4 Å². The summed E-state index contributed by atoms with van der Waals surface area (Å²) >= 11 is 1.46. The van der Waals surface area contributed by atoms with Crippen molar-refractivity contribution in [3.63, 3.8) is 0 Å². The normalized spacial score (nSPS) is 25.1. The molecule has 25 heavy (non-hydrogen) atoms.